The second kappa shape index (κ2) is 5.76. The molecule has 4 rings (SSSR count). The van der Waals surface area contributed by atoms with Crippen molar-refractivity contribution in [3.8, 4) is 28.9 Å². The normalized spacial score (nSPS) is 10.9. The van der Waals surface area contributed by atoms with Gasteiger partial charge in [-0.1, -0.05) is 5.16 Å². The Morgan fingerprint density at radius 1 is 1.16 bits per heavy atom. The summed E-state index contributed by atoms with van der Waals surface area (Å²) in [6.07, 6.45) is 0. The number of rotatable bonds is 3. The van der Waals surface area contributed by atoms with Crippen molar-refractivity contribution in [3.63, 3.8) is 0 Å². The van der Waals surface area contributed by atoms with Gasteiger partial charge in [-0.3, -0.25) is 4.57 Å². The molecule has 0 atom stereocenters. The lowest BCUT2D eigenvalue weighted by molar-refractivity contribution is 0.432. The van der Waals surface area contributed by atoms with E-state index in [0.29, 0.717) is 35.0 Å². The molecule has 0 aliphatic carbocycles. The largest absolute Gasteiger partial charge is 0.419 e. The molecule has 7 heteroatoms. The summed E-state index contributed by atoms with van der Waals surface area (Å²) in [6.45, 7) is 2.42. The van der Waals surface area contributed by atoms with Crippen molar-refractivity contribution in [2.75, 3.05) is 0 Å². The average Bonchev–Trinajstić information content (AvgIpc) is 3.25. The number of hydrogen-bond donors (Lipinski definition) is 0. The number of nitriles is 1. The van der Waals surface area contributed by atoms with Crippen LogP contribution in [0.2, 0.25) is 0 Å². The van der Waals surface area contributed by atoms with Crippen LogP contribution in [-0.2, 0) is 6.54 Å². The molecule has 0 bridgehead atoms. The van der Waals surface area contributed by atoms with Gasteiger partial charge in [0.2, 0.25) is 5.82 Å². The Bertz CT molecular complexity index is 1160. The van der Waals surface area contributed by atoms with Gasteiger partial charge in [-0.25, -0.2) is 4.79 Å². The van der Waals surface area contributed by atoms with E-state index in [4.69, 9.17) is 14.2 Å². The number of nitrogens with zero attached hydrogens (tertiary/aromatic N) is 4. The van der Waals surface area contributed by atoms with E-state index in [-0.39, 0.29) is 5.76 Å². The topological polar surface area (TPSA) is 97.9 Å². The minimum atomic E-state index is -0.388. The zero-order valence-corrected chi connectivity index (χ0v) is 13.3. The van der Waals surface area contributed by atoms with E-state index in [9.17, 15) is 4.79 Å². The summed E-state index contributed by atoms with van der Waals surface area (Å²) in [5.74, 6) is 0.362. The fraction of sp³-hybridized carbons (Fsp3) is 0.111. The highest BCUT2D eigenvalue weighted by Gasteiger charge is 2.14. The average molecular weight is 332 g/mol. The molecule has 0 amide bonds. The maximum absolute atomic E-state index is 11.8. The summed E-state index contributed by atoms with van der Waals surface area (Å²) >= 11 is 0. The van der Waals surface area contributed by atoms with Crippen LogP contribution in [-0.4, -0.2) is 14.7 Å². The zero-order chi connectivity index (χ0) is 17.4. The quantitative estimate of drug-likeness (QED) is 0.571. The third kappa shape index (κ3) is 2.50. The first-order valence-corrected chi connectivity index (χ1v) is 7.67. The second-order valence-corrected chi connectivity index (χ2v) is 5.41. The smallest absolute Gasteiger partial charge is 0.408 e. The van der Waals surface area contributed by atoms with Crippen molar-refractivity contribution in [1.29, 1.82) is 5.26 Å². The summed E-state index contributed by atoms with van der Waals surface area (Å²) < 4.78 is 12.1. The molecule has 0 saturated heterocycles. The van der Waals surface area contributed by atoms with Gasteiger partial charge in [0, 0.05) is 17.7 Å². The van der Waals surface area contributed by atoms with Crippen LogP contribution in [0.15, 0.2) is 56.2 Å². The first-order valence-electron chi connectivity index (χ1n) is 7.67. The third-order valence-corrected chi connectivity index (χ3v) is 3.93. The molecule has 0 radical (unpaired) electrons. The van der Waals surface area contributed by atoms with Gasteiger partial charge < -0.3 is 8.94 Å². The minimum absolute atomic E-state index is 0.354. The van der Waals surface area contributed by atoms with Crippen LogP contribution in [0.1, 0.15) is 12.5 Å². The number of aromatic nitrogens is 3. The second-order valence-electron chi connectivity index (χ2n) is 5.41. The van der Waals surface area contributed by atoms with E-state index in [1.807, 2.05) is 13.0 Å². The molecule has 0 fully saturated rings. The van der Waals surface area contributed by atoms with E-state index in [2.05, 4.69) is 16.2 Å². The first-order chi connectivity index (χ1) is 12.2. The standard InChI is InChI=1S/C18H12N4O3/c1-2-22-14-8-7-13(9-15(14)24-18(22)23)16-20-17(25-21-16)12-5-3-11(10-19)4-6-12/h3-9H,2H2,1H3. The molecule has 0 aliphatic heterocycles. The van der Waals surface area contributed by atoms with Crippen LogP contribution < -0.4 is 5.76 Å². The molecule has 25 heavy (non-hydrogen) atoms. The Morgan fingerprint density at radius 3 is 2.64 bits per heavy atom. The number of hydrogen-bond acceptors (Lipinski definition) is 6. The molecule has 0 saturated carbocycles. The number of fused-ring (bicyclic) bond motifs is 1. The molecular formula is C18H12N4O3. The van der Waals surface area contributed by atoms with Crippen LogP contribution in [0, 0.1) is 11.3 Å². The molecule has 0 spiro atoms. The van der Waals surface area contributed by atoms with Gasteiger partial charge in [0.1, 0.15) is 0 Å². The van der Waals surface area contributed by atoms with E-state index >= 15 is 0 Å². The zero-order valence-electron chi connectivity index (χ0n) is 13.3. The Hall–Kier alpha value is -3.66. The van der Waals surface area contributed by atoms with Crippen molar-refractivity contribution in [2.24, 2.45) is 0 Å². The molecule has 0 aliphatic rings. The lowest BCUT2D eigenvalue weighted by atomic mass is 10.1. The van der Waals surface area contributed by atoms with Crippen molar-refractivity contribution in [3.05, 3.63) is 58.6 Å². The van der Waals surface area contributed by atoms with E-state index in [1.165, 1.54) is 0 Å². The molecular weight excluding hydrogens is 320 g/mol. The molecule has 2 aromatic carbocycles. The molecule has 7 nitrogen and oxygen atoms in total. The van der Waals surface area contributed by atoms with E-state index in [0.717, 1.165) is 11.1 Å². The summed E-state index contributed by atoms with van der Waals surface area (Å²) in [7, 11) is 0. The van der Waals surface area contributed by atoms with Crippen LogP contribution in [0.25, 0.3) is 33.9 Å². The van der Waals surface area contributed by atoms with Crippen molar-refractivity contribution < 1.29 is 8.94 Å². The predicted molar refractivity (Wildman–Crippen MR) is 89.6 cm³/mol. The van der Waals surface area contributed by atoms with Gasteiger partial charge in [0.25, 0.3) is 5.89 Å². The molecule has 2 aromatic heterocycles. The van der Waals surface area contributed by atoms with Gasteiger partial charge in [-0.2, -0.15) is 10.2 Å². The van der Waals surface area contributed by atoms with Gasteiger partial charge in [0.15, 0.2) is 5.58 Å². The van der Waals surface area contributed by atoms with Gasteiger partial charge >= 0.3 is 5.76 Å². The van der Waals surface area contributed by atoms with E-state index in [1.54, 1.807) is 41.0 Å². The number of benzene rings is 2. The highest BCUT2D eigenvalue weighted by atomic mass is 16.5. The lowest BCUT2D eigenvalue weighted by Crippen LogP contribution is -2.11. The fourth-order valence-corrected chi connectivity index (χ4v) is 2.65. The summed E-state index contributed by atoms with van der Waals surface area (Å²) in [6, 6.07) is 14.3. The fourth-order valence-electron chi connectivity index (χ4n) is 2.65. The van der Waals surface area contributed by atoms with Crippen molar-refractivity contribution in [1.82, 2.24) is 14.7 Å². The SMILES string of the molecule is CCn1c(=O)oc2cc(-c3noc(-c4ccc(C#N)cc4)n3)ccc21. The summed E-state index contributed by atoms with van der Waals surface area (Å²) in [5, 5.41) is 12.8. The number of oxazole rings is 1. The Balaban J connectivity index is 1.73. The summed E-state index contributed by atoms with van der Waals surface area (Å²) in [4.78, 5) is 16.2. The Morgan fingerprint density at radius 2 is 1.92 bits per heavy atom. The lowest BCUT2D eigenvalue weighted by Gasteiger charge is -1.97. The van der Waals surface area contributed by atoms with Gasteiger partial charge in [-0.05, 0) is 49.4 Å². The molecule has 122 valence electrons. The minimum Gasteiger partial charge on any atom is -0.408 e. The third-order valence-electron chi connectivity index (χ3n) is 3.93. The van der Waals surface area contributed by atoms with Gasteiger partial charge in [0.05, 0.1) is 17.1 Å². The summed E-state index contributed by atoms with van der Waals surface area (Å²) in [5.41, 5.74) is 3.18. The molecule has 4 aromatic rings. The number of aryl methyl sites for hydroxylation is 1. The Labute approximate surface area is 141 Å². The van der Waals surface area contributed by atoms with Crippen LogP contribution in [0.3, 0.4) is 0 Å². The van der Waals surface area contributed by atoms with Crippen LogP contribution >= 0.6 is 0 Å². The molecule has 0 N–H and O–H groups in total. The Kier molecular flexibility index (Phi) is 3.43. The van der Waals surface area contributed by atoms with Gasteiger partial charge in [-0.15, -0.1) is 0 Å². The van der Waals surface area contributed by atoms with Crippen molar-refractivity contribution >= 4 is 11.1 Å². The predicted octanol–water partition coefficient (Wildman–Crippen LogP) is 3.20. The van der Waals surface area contributed by atoms with Crippen LogP contribution in [0.5, 0.6) is 0 Å². The van der Waals surface area contributed by atoms with Crippen LogP contribution in [0.4, 0.5) is 0 Å². The first kappa shape index (κ1) is 14.9. The maximum Gasteiger partial charge on any atom is 0.419 e. The molecule has 2 heterocycles. The highest BCUT2D eigenvalue weighted by Crippen LogP contribution is 2.25. The highest BCUT2D eigenvalue weighted by molar-refractivity contribution is 5.79. The molecule has 0 unspecified atom stereocenters. The van der Waals surface area contributed by atoms with Crippen molar-refractivity contribution in [2.45, 2.75) is 13.5 Å². The maximum atomic E-state index is 11.8. The monoisotopic (exact) mass is 332 g/mol. The van der Waals surface area contributed by atoms with E-state index < -0.39 is 0 Å².